The number of carbonyl (C=O) groups is 2. The van der Waals surface area contributed by atoms with Crippen LogP contribution in [0.5, 0.6) is 0 Å². The van der Waals surface area contributed by atoms with Gasteiger partial charge in [-0.2, -0.15) is 5.10 Å². The van der Waals surface area contributed by atoms with Gasteiger partial charge >= 0.3 is 5.97 Å². The van der Waals surface area contributed by atoms with E-state index in [0.29, 0.717) is 16.3 Å². The number of benzene rings is 2. The summed E-state index contributed by atoms with van der Waals surface area (Å²) in [5.41, 5.74) is 3.41. The van der Waals surface area contributed by atoms with E-state index >= 15 is 0 Å². The van der Waals surface area contributed by atoms with Gasteiger partial charge in [0, 0.05) is 11.3 Å². The second-order valence-corrected chi connectivity index (χ2v) is 6.69. The Hall–Kier alpha value is -3.26. The molecule has 7 nitrogen and oxygen atoms in total. The van der Waals surface area contributed by atoms with E-state index in [1.807, 2.05) is 31.2 Å². The highest BCUT2D eigenvalue weighted by Crippen LogP contribution is 2.19. The normalized spacial score (nSPS) is 10.5. The second kappa shape index (κ2) is 8.62. The second-order valence-electron chi connectivity index (χ2n) is 6.31. The number of aryl methyl sites for hydroxylation is 1. The van der Waals surface area contributed by atoms with Gasteiger partial charge in [0.15, 0.2) is 10.6 Å². The Labute approximate surface area is 167 Å². The van der Waals surface area contributed by atoms with Gasteiger partial charge in [-0.15, -0.1) is 0 Å². The molecule has 0 atom stereocenters. The fourth-order valence-corrected chi connectivity index (χ4v) is 2.95. The molecular formula is C20H20N4O3S. The van der Waals surface area contributed by atoms with Crippen LogP contribution in [0.4, 0.5) is 5.69 Å². The van der Waals surface area contributed by atoms with E-state index in [9.17, 15) is 9.59 Å². The standard InChI is InChI=1S/C20H20N4O3S/c1-13-4-3-5-15(10-13)19-22-23-20(28)24(19)12-17(25)21-16-8-6-14(7-9-16)11-18(26)27-2/h3-10H,11-12H2,1-2H3,(H,21,25)(H,23,28). The van der Waals surface area contributed by atoms with E-state index in [2.05, 4.69) is 20.3 Å². The van der Waals surface area contributed by atoms with Gasteiger partial charge in [0.05, 0.1) is 13.5 Å². The molecule has 0 fully saturated rings. The maximum absolute atomic E-state index is 12.5. The molecule has 0 radical (unpaired) electrons. The predicted molar refractivity (Wildman–Crippen MR) is 108 cm³/mol. The lowest BCUT2D eigenvalue weighted by molar-refractivity contribution is -0.139. The lowest BCUT2D eigenvalue weighted by Crippen LogP contribution is -2.19. The Morgan fingerprint density at radius 2 is 1.96 bits per heavy atom. The molecule has 3 aromatic rings. The zero-order valence-electron chi connectivity index (χ0n) is 15.6. The van der Waals surface area contributed by atoms with Crippen LogP contribution in [0.15, 0.2) is 48.5 Å². The molecule has 0 saturated carbocycles. The molecule has 144 valence electrons. The van der Waals surface area contributed by atoms with Gasteiger partial charge < -0.3 is 10.1 Å². The molecule has 0 aliphatic rings. The van der Waals surface area contributed by atoms with Crippen LogP contribution in [0.1, 0.15) is 11.1 Å². The molecule has 0 aliphatic heterocycles. The molecule has 2 N–H and O–H groups in total. The third kappa shape index (κ3) is 4.72. The smallest absolute Gasteiger partial charge is 0.309 e. The summed E-state index contributed by atoms with van der Waals surface area (Å²) in [5.74, 6) is 0.0687. The number of aromatic amines is 1. The highest BCUT2D eigenvalue weighted by Gasteiger charge is 2.13. The van der Waals surface area contributed by atoms with E-state index in [1.165, 1.54) is 7.11 Å². The first-order valence-electron chi connectivity index (χ1n) is 8.64. The van der Waals surface area contributed by atoms with Crippen LogP contribution in [0.2, 0.25) is 0 Å². The van der Waals surface area contributed by atoms with Gasteiger partial charge in [0.2, 0.25) is 5.91 Å². The first-order valence-corrected chi connectivity index (χ1v) is 9.05. The van der Waals surface area contributed by atoms with E-state index in [1.54, 1.807) is 28.8 Å². The minimum absolute atomic E-state index is 0.0303. The number of aromatic nitrogens is 3. The highest BCUT2D eigenvalue weighted by molar-refractivity contribution is 7.71. The Bertz CT molecular complexity index is 1050. The number of nitrogens with one attached hydrogen (secondary N) is 2. The van der Waals surface area contributed by atoms with Crippen LogP contribution in [-0.2, 0) is 27.3 Å². The maximum atomic E-state index is 12.5. The minimum Gasteiger partial charge on any atom is -0.469 e. The van der Waals surface area contributed by atoms with Crippen LogP contribution in [-0.4, -0.2) is 33.8 Å². The number of ether oxygens (including phenoxy) is 1. The van der Waals surface area contributed by atoms with Gasteiger partial charge in [-0.1, -0.05) is 35.9 Å². The average molecular weight is 396 g/mol. The van der Waals surface area contributed by atoms with Crippen molar-refractivity contribution in [2.75, 3.05) is 12.4 Å². The van der Waals surface area contributed by atoms with E-state index < -0.39 is 0 Å². The molecule has 28 heavy (non-hydrogen) atoms. The molecule has 1 heterocycles. The van der Waals surface area contributed by atoms with E-state index in [4.69, 9.17) is 12.2 Å². The minimum atomic E-state index is -0.310. The number of hydrogen-bond acceptors (Lipinski definition) is 5. The Balaban J connectivity index is 1.71. The fourth-order valence-electron chi connectivity index (χ4n) is 2.76. The summed E-state index contributed by atoms with van der Waals surface area (Å²) in [5, 5.41) is 9.83. The number of esters is 1. The van der Waals surface area contributed by atoms with Crippen molar-refractivity contribution in [3.63, 3.8) is 0 Å². The summed E-state index contributed by atoms with van der Waals surface area (Å²) < 4.78 is 6.68. The molecule has 8 heteroatoms. The summed E-state index contributed by atoms with van der Waals surface area (Å²) in [6.07, 6.45) is 0.189. The van der Waals surface area contributed by atoms with Gasteiger partial charge in [-0.25, -0.2) is 0 Å². The quantitative estimate of drug-likeness (QED) is 0.493. The lowest BCUT2D eigenvalue weighted by atomic mass is 10.1. The molecular weight excluding hydrogens is 376 g/mol. The SMILES string of the molecule is COC(=O)Cc1ccc(NC(=O)Cn2c(-c3cccc(C)c3)n[nH]c2=S)cc1. The first-order chi connectivity index (χ1) is 13.5. The summed E-state index contributed by atoms with van der Waals surface area (Å²) >= 11 is 5.28. The fraction of sp³-hybridized carbons (Fsp3) is 0.200. The van der Waals surface area contributed by atoms with Crippen molar-refractivity contribution in [1.29, 1.82) is 0 Å². The van der Waals surface area contributed by atoms with Crippen LogP contribution in [0, 0.1) is 11.7 Å². The number of nitrogens with zero attached hydrogens (tertiary/aromatic N) is 2. The van der Waals surface area contributed by atoms with E-state index in [-0.39, 0.29) is 24.8 Å². The van der Waals surface area contributed by atoms with Gasteiger partial charge in [0.1, 0.15) is 6.54 Å². The number of methoxy groups -OCH3 is 1. The zero-order chi connectivity index (χ0) is 20.1. The summed E-state index contributed by atoms with van der Waals surface area (Å²) in [6.45, 7) is 2.02. The van der Waals surface area contributed by atoms with Crippen LogP contribution < -0.4 is 5.32 Å². The van der Waals surface area contributed by atoms with Gasteiger partial charge in [-0.3, -0.25) is 19.3 Å². The molecule has 0 aliphatic carbocycles. The predicted octanol–water partition coefficient (Wildman–Crippen LogP) is 3.27. The van der Waals surface area contributed by atoms with Crippen LogP contribution in [0.3, 0.4) is 0 Å². The Morgan fingerprint density at radius 3 is 2.64 bits per heavy atom. The molecule has 0 saturated heterocycles. The molecule has 3 rings (SSSR count). The monoisotopic (exact) mass is 396 g/mol. The molecule has 0 bridgehead atoms. The lowest BCUT2D eigenvalue weighted by Gasteiger charge is -2.09. The number of hydrogen-bond donors (Lipinski definition) is 2. The number of amides is 1. The molecule has 0 unspecified atom stereocenters. The molecule has 0 spiro atoms. The van der Waals surface area contributed by atoms with Crippen LogP contribution >= 0.6 is 12.2 Å². The van der Waals surface area contributed by atoms with Crippen molar-refractivity contribution in [3.8, 4) is 11.4 Å². The van der Waals surface area contributed by atoms with Crippen molar-refractivity contribution >= 4 is 29.8 Å². The molecule has 2 aromatic carbocycles. The van der Waals surface area contributed by atoms with Crippen molar-refractivity contribution in [3.05, 3.63) is 64.4 Å². The van der Waals surface area contributed by atoms with Crippen molar-refractivity contribution in [1.82, 2.24) is 14.8 Å². The van der Waals surface area contributed by atoms with Gasteiger partial charge in [-0.05, 0) is 42.9 Å². The summed E-state index contributed by atoms with van der Waals surface area (Å²) in [7, 11) is 1.35. The van der Waals surface area contributed by atoms with Gasteiger partial charge in [0.25, 0.3) is 0 Å². The molecule has 1 amide bonds. The third-order valence-corrected chi connectivity index (χ3v) is 4.46. The topological polar surface area (TPSA) is 89.0 Å². The first kappa shape index (κ1) is 19.5. The maximum Gasteiger partial charge on any atom is 0.309 e. The summed E-state index contributed by atoms with van der Waals surface area (Å²) in [6, 6.07) is 14.9. The van der Waals surface area contributed by atoms with E-state index in [0.717, 1.165) is 16.7 Å². The number of anilines is 1. The number of rotatable bonds is 6. The average Bonchev–Trinajstić information content (AvgIpc) is 3.03. The van der Waals surface area contributed by atoms with Crippen molar-refractivity contribution < 1.29 is 14.3 Å². The Kier molecular flexibility index (Phi) is 6.00. The zero-order valence-corrected chi connectivity index (χ0v) is 16.4. The third-order valence-electron chi connectivity index (χ3n) is 4.15. The summed E-state index contributed by atoms with van der Waals surface area (Å²) in [4.78, 5) is 23.8. The van der Waals surface area contributed by atoms with Crippen molar-refractivity contribution in [2.45, 2.75) is 19.9 Å². The largest absolute Gasteiger partial charge is 0.469 e. The van der Waals surface area contributed by atoms with Crippen molar-refractivity contribution in [2.24, 2.45) is 0 Å². The Morgan fingerprint density at radius 1 is 1.21 bits per heavy atom. The number of H-pyrrole nitrogens is 1. The highest BCUT2D eigenvalue weighted by atomic mass is 32.1. The number of carbonyl (C=O) groups excluding carboxylic acids is 2. The molecule has 1 aromatic heterocycles. The van der Waals surface area contributed by atoms with Crippen LogP contribution in [0.25, 0.3) is 11.4 Å².